The van der Waals surface area contributed by atoms with E-state index in [0.29, 0.717) is 5.69 Å². The van der Waals surface area contributed by atoms with E-state index in [1.165, 1.54) is 7.11 Å². The first kappa shape index (κ1) is 9.77. The van der Waals surface area contributed by atoms with Crippen molar-refractivity contribution in [3.63, 3.8) is 0 Å². The van der Waals surface area contributed by atoms with Crippen LogP contribution in [0.3, 0.4) is 0 Å². The molecule has 0 aromatic carbocycles. The van der Waals surface area contributed by atoms with Crippen LogP contribution in [0.5, 0.6) is 0 Å². The number of carbonyl (C=O) groups excluding carboxylic acids is 1. The topological polar surface area (TPSA) is 44.1 Å². The number of aryl methyl sites for hydroxylation is 1. The first-order valence-electron chi connectivity index (χ1n) is 4.22. The van der Waals surface area contributed by atoms with Gasteiger partial charge in [0.1, 0.15) is 5.82 Å². The summed E-state index contributed by atoms with van der Waals surface area (Å²) in [5.74, 6) is 0.533. The Balaban J connectivity index is 3.17. The maximum Gasteiger partial charge on any atom is 0.358 e. The van der Waals surface area contributed by atoms with Gasteiger partial charge in [0.15, 0.2) is 5.69 Å². The van der Waals surface area contributed by atoms with Crippen molar-refractivity contribution < 1.29 is 9.53 Å². The molecule has 0 aliphatic rings. The Bertz CT molecular complexity index is 329. The van der Waals surface area contributed by atoms with Crippen molar-refractivity contribution in [3.05, 3.63) is 17.2 Å². The van der Waals surface area contributed by atoms with Gasteiger partial charge in [-0.15, -0.1) is 0 Å². The largest absolute Gasteiger partial charge is 0.464 e. The molecule has 1 aromatic rings. The van der Waals surface area contributed by atoms with Gasteiger partial charge in [0.2, 0.25) is 0 Å². The molecule has 13 heavy (non-hydrogen) atoms. The number of ether oxygens (including phenoxy) is 1. The van der Waals surface area contributed by atoms with Crippen LogP contribution in [-0.4, -0.2) is 22.6 Å². The van der Waals surface area contributed by atoms with Gasteiger partial charge in [-0.05, 0) is 6.92 Å². The Labute approximate surface area is 77.5 Å². The van der Waals surface area contributed by atoms with E-state index < -0.39 is 0 Å². The summed E-state index contributed by atoms with van der Waals surface area (Å²) >= 11 is 0. The molecule has 0 aliphatic carbocycles. The molecule has 1 heterocycles. The molecule has 0 aliphatic heterocycles. The minimum atomic E-state index is -0.368. The summed E-state index contributed by atoms with van der Waals surface area (Å²) in [6.45, 7) is 3.86. The van der Waals surface area contributed by atoms with Crippen LogP contribution in [0.4, 0.5) is 0 Å². The Kier molecular flexibility index (Phi) is 2.70. The molecule has 0 bridgehead atoms. The number of aromatic nitrogens is 2. The van der Waals surface area contributed by atoms with Crippen LogP contribution in [0.25, 0.3) is 0 Å². The van der Waals surface area contributed by atoms with Gasteiger partial charge < -0.3 is 9.30 Å². The molecule has 0 saturated carbocycles. The summed E-state index contributed by atoms with van der Waals surface area (Å²) in [5, 5.41) is 0. The summed E-state index contributed by atoms with van der Waals surface area (Å²) in [5.41, 5.74) is 1.27. The van der Waals surface area contributed by atoms with E-state index >= 15 is 0 Å². The minimum Gasteiger partial charge on any atom is -0.464 e. The molecule has 0 saturated heterocycles. The highest BCUT2D eigenvalue weighted by molar-refractivity contribution is 5.88. The molecule has 0 N–H and O–H groups in total. The van der Waals surface area contributed by atoms with E-state index in [0.717, 1.165) is 17.9 Å². The molecule has 1 aromatic heterocycles. The number of imidazole rings is 1. The van der Waals surface area contributed by atoms with Crippen molar-refractivity contribution in [2.75, 3.05) is 7.11 Å². The van der Waals surface area contributed by atoms with Crippen molar-refractivity contribution in [1.29, 1.82) is 0 Å². The molecular formula is C9H14N2O2. The highest BCUT2D eigenvalue weighted by Crippen LogP contribution is 2.10. The van der Waals surface area contributed by atoms with Crippen molar-refractivity contribution in [2.45, 2.75) is 20.3 Å². The zero-order valence-corrected chi connectivity index (χ0v) is 8.42. The van der Waals surface area contributed by atoms with Crippen LogP contribution in [0, 0.1) is 6.92 Å². The van der Waals surface area contributed by atoms with E-state index in [1.807, 2.05) is 25.5 Å². The average Bonchev–Trinajstić information content (AvgIpc) is 2.43. The fourth-order valence-corrected chi connectivity index (χ4v) is 1.24. The summed E-state index contributed by atoms with van der Waals surface area (Å²) in [6.07, 6.45) is 0.814. The van der Waals surface area contributed by atoms with Crippen LogP contribution >= 0.6 is 0 Å². The van der Waals surface area contributed by atoms with Crippen LogP contribution in [0.15, 0.2) is 0 Å². The highest BCUT2D eigenvalue weighted by atomic mass is 16.5. The number of rotatable bonds is 2. The van der Waals surface area contributed by atoms with Gasteiger partial charge in [-0.3, -0.25) is 0 Å². The van der Waals surface area contributed by atoms with Crippen molar-refractivity contribution in [3.8, 4) is 0 Å². The number of nitrogens with zero attached hydrogens (tertiary/aromatic N) is 2. The summed E-state index contributed by atoms with van der Waals surface area (Å²) in [4.78, 5) is 15.4. The Morgan fingerprint density at radius 3 is 2.62 bits per heavy atom. The molecule has 0 unspecified atom stereocenters. The summed E-state index contributed by atoms with van der Waals surface area (Å²) in [7, 11) is 3.26. The quantitative estimate of drug-likeness (QED) is 0.643. The zero-order chi connectivity index (χ0) is 10.0. The van der Waals surface area contributed by atoms with Crippen LogP contribution in [0.2, 0.25) is 0 Å². The second-order valence-electron chi connectivity index (χ2n) is 2.87. The first-order chi connectivity index (χ1) is 6.11. The number of methoxy groups -OCH3 is 1. The molecule has 0 radical (unpaired) electrons. The standard InChI is InChI=1S/C9H14N2O2/c1-5-7-10-8(9(12)13-4)6(2)11(7)3/h5H2,1-4H3. The van der Waals surface area contributed by atoms with E-state index in [4.69, 9.17) is 0 Å². The maximum absolute atomic E-state index is 11.2. The first-order valence-corrected chi connectivity index (χ1v) is 4.22. The van der Waals surface area contributed by atoms with Crippen LogP contribution < -0.4 is 0 Å². The molecule has 0 fully saturated rings. The molecule has 4 heteroatoms. The van der Waals surface area contributed by atoms with Gasteiger partial charge >= 0.3 is 5.97 Å². The predicted octanol–water partition coefficient (Wildman–Crippen LogP) is 1.08. The third-order valence-corrected chi connectivity index (χ3v) is 2.17. The second kappa shape index (κ2) is 3.60. The van der Waals surface area contributed by atoms with Gasteiger partial charge in [-0.25, -0.2) is 9.78 Å². The third-order valence-electron chi connectivity index (χ3n) is 2.17. The zero-order valence-electron chi connectivity index (χ0n) is 8.42. The number of hydrogen-bond acceptors (Lipinski definition) is 3. The van der Waals surface area contributed by atoms with Gasteiger partial charge in [-0.2, -0.15) is 0 Å². The Morgan fingerprint density at radius 1 is 1.62 bits per heavy atom. The van der Waals surface area contributed by atoms with Gasteiger partial charge in [0.25, 0.3) is 0 Å². The van der Waals surface area contributed by atoms with E-state index in [1.54, 1.807) is 0 Å². The lowest BCUT2D eigenvalue weighted by Gasteiger charge is -1.98. The minimum absolute atomic E-state index is 0.368. The Morgan fingerprint density at radius 2 is 2.23 bits per heavy atom. The Hall–Kier alpha value is -1.32. The van der Waals surface area contributed by atoms with E-state index in [-0.39, 0.29) is 5.97 Å². The third kappa shape index (κ3) is 1.56. The van der Waals surface area contributed by atoms with E-state index in [2.05, 4.69) is 9.72 Å². The van der Waals surface area contributed by atoms with Crippen molar-refractivity contribution >= 4 is 5.97 Å². The lowest BCUT2D eigenvalue weighted by atomic mass is 10.3. The fourth-order valence-electron chi connectivity index (χ4n) is 1.24. The summed E-state index contributed by atoms with van der Waals surface area (Å²) in [6, 6.07) is 0. The SMILES string of the molecule is CCc1nc(C(=O)OC)c(C)n1C. The monoisotopic (exact) mass is 182 g/mol. The van der Waals surface area contributed by atoms with Crippen molar-refractivity contribution in [1.82, 2.24) is 9.55 Å². The molecule has 0 spiro atoms. The van der Waals surface area contributed by atoms with Crippen LogP contribution in [0.1, 0.15) is 28.9 Å². The number of esters is 1. The normalized spacial score (nSPS) is 10.2. The molecular weight excluding hydrogens is 168 g/mol. The predicted molar refractivity (Wildman–Crippen MR) is 48.7 cm³/mol. The second-order valence-corrected chi connectivity index (χ2v) is 2.87. The molecule has 1 rings (SSSR count). The van der Waals surface area contributed by atoms with Gasteiger partial charge in [0, 0.05) is 19.2 Å². The molecule has 0 amide bonds. The van der Waals surface area contributed by atoms with Gasteiger partial charge in [-0.1, -0.05) is 6.92 Å². The maximum atomic E-state index is 11.2. The smallest absolute Gasteiger partial charge is 0.358 e. The van der Waals surface area contributed by atoms with Gasteiger partial charge in [0.05, 0.1) is 7.11 Å². The summed E-state index contributed by atoms with van der Waals surface area (Å²) < 4.78 is 6.52. The van der Waals surface area contributed by atoms with E-state index in [9.17, 15) is 4.79 Å². The lowest BCUT2D eigenvalue weighted by molar-refractivity contribution is 0.0593. The molecule has 4 nitrogen and oxygen atoms in total. The highest BCUT2D eigenvalue weighted by Gasteiger charge is 2.16. The van der Waals surface area contributed by atoms with Crippen LogP contribution in [-0.2, 0) is 18.2 Å². The fraction of sp³-hybridized carbons (Fsp3) is 0.556. The number of hydrogen-bond donors (Lipinski definition) is 0. The van der Waals surface area contributed by atoms with Crippen molar-refractivity contribution in [2.24, 2.45) is 7.05 Å². The molecule has 72 valence electrons. The lowest BCUT2D eigenvalue weighted by Crippen LogP contribution is -2.04. The number of carbonyl (C=O) groups is 1. The molecule has 0 atom stereocenters. The average molecular weight is 182 g/mol.